The van der Waals surface area contributed by atoms with Crippen molar-refractivity contribution in [2.45, 2.75) is 48.7 Å². The van der Waals surface area contributed by atoms with Crippen molar-refractivity contribution in [3.8, 4) is 0 Å². The van der Waals surface area contributed by atoms with Crippen molar-refractivity contribution in [1.82, 2.24) is 4.90 Å². The van der Waals surface area contributed by atoms with Crippen molar-refractivity contribution in [2.24, 2.45) is 5.92 Å². The predicted octanol–water partition coefficient (Wildman–Crippen LogP) is 4.72. The Kier molecular flexibility index (Phi) is 5.56. The highest BCUT2D eigenvalue weighted by Gasteiger charge is 2.60. The minimum atomic E-state index is -3.37. The van der Waals surface area contributed by atoms with Crippen LogP contribution in [0, 0.1) is 5.92 Å². The van der Waals surface area contributed by atoms with E-state index >= 15 is 0 Å². The van der Waals surface area contributed by atoms with Crippen LogP contribution in [0.4, 0.5) is 4.39 Å². The van der Waals surface area contributed by atoms with Crippen LogP contribution in [0.2, 0.25) is 0 Å². The molecular formula is C24H30FNO2S. The second kappa shape index (κ2) is 7.84. The normalized spacial score (nSPS) is 24.1. The molecule has 2 unspecified atom stereocenters. The van der Waals surface area contributed by atoms with Crippen molar-refractivity contribution < 1.29 is 12.8 Å². The number of fused-ring (bicyclic) bond motifs is 1. The van der Waals surface area contributed by atoms with Crippen molar-refractivity contribution in [2.75, 3.05) is 26.3 Å². The van der Waals surface area contributed by atoms with E-state index in [2.05, 4.69) is 18.7 Å². The van der Waals surface area contributed by atoms with Gasteiger partial charge in [-0.2, -0.15) is 0 Å². The van der Waals surface area contributed by atoms with Gasteiger partial charge in [-0.3, -0.25) is 4.39 Å². The van der Waals surface area contributed by atoms with E-state index in [-0.39, 0.29) is 17.8 Å². The number of sulfone groups is 1. The molecule has 4 rings (SSSR count). The fraction of sp³-hybridized carbons (Fsp3) is 0.500. The van der Waals surface area contributed by atoms with Crippen LogP contribution in [0.1, 0.15) is 49.3 Å². The Morgan fingerprint density at radius 2 is 1.79 bits per heavy atom. The highest BCUT2D eigenvalue weighted by molar-refractivity contribution is 7.90. The van der Waals surface area contributed by atoms with Gasteiger partial charge in [0.25, 0.3) is 0 Å². The Morgan fingerprint density at radius 1 is 1.10 bits per heavy atom. The summed E-state index contributed by atoms with van der Waals surface area (Å²) in [6.07, 6.45) is 1.76. The number of benzene rings is 2. The van der Waals surface area contributed by atoms with Crippen LogP contribution in [0.5, 0.6) is 0 Å². The lowest BCUT2D eigenvalue weighted by Crippen LogP contribution is -2.27. The number of rotatable bonds is 8. The lowest BCUT2D eigenvalue weighted by Gasteiger charge is -2.20. The van der Waals surface area contributed by atoms with Crippen LogP contribution in [0.3, 0.4) is 0 Å². The number of alkyl halides is 1. The lowest BCUT2D eigenvalue weighted by atomic mass is 9.95. The number of piperidine rings is 1. The van der Waals surface area contributed by atoms with E-state index in [0.29, 0.717) is 23.2 Å². The van der Waals surface area contributed by atoms with Crippen LogP contribution in [-0.4, -0.2) is 39.6 Å². The molecule has 1 saturated carbocycles. The van der Waals surface area contributed by atoms with Crippen molar-refractivity contribution >= 4 is 9.84 Å². The molecule has 2 aromatic rings. The highest BCUT2D eigenvalue weighted by atomic mass is 32.2. The van der Waals surface area contributed by atoms with Crippen LogP contribution in [0.25, 0.3) is 0 Å². The maximum atomic E-state index is 12.9. The SMILES string of the molecule is CC(C)c1ccc(CS(=O)(=O)c2ccc(C34CC3CN(CCCF)C4)cc2)cc1. The molecule has 156 valence electrons. The highest BCUT2D eigenvalue weighted by Crippen LogP contribution is 2.59. The molecular weight excluding hydrogens is 385 g/mol. The zero-order valence-corrected chi connectivity index (χ0v) is 18.1. The Labute approximate surface area is 173 Å². The smallest absolute Gasteiger partial charge is 0.182 e. The molecule has 1 aliphatic carbocycles. The summed E-state index contributed by atoms with van der Waals surface area (Å²) in [5.74, 6) is 1.08. The topological polar surface area (TPSA) is 37.4 Å². The summed E-state index contributed by atoms with van der Waals surface area (Å²) in [5.41, 5.74) is 3.42. The van der Waals surface area contributed by atoms with Gasteiger partial charge in [0, 0.05) is 25.0 Å². The van der Waals surface area contributed by atoms with Gasteiger partial charge in [0.05, 0.1) is 17.3 Å². The first kappa shape index (κ1) is 20.5. The quantitative estimate of drug-likeness (QED) is 0.626. The van der Waals surface area contributed by atoms with E-state index in [4.69, 9.17) is 0 Å². The Balaban J connectivity index is 1.45. The van der Waals surface area contributed by atoms with E-state index in [1.165, 1.54) is 11.1 Å². The first-order valence-electron chi connectivity index (χ1n) is 10.5. The molecule has 2 atom stereocenters. The third-order valence-electron chi connectivity index (χ3n) is 6.62. The summed E-state index contributed by atoms with van der Waals surface area (Å²) >= 11 is 0. The van der Waals surface area contributed by atoms with Crippen LogP contribution in [0.15, 0.2) is 53.4 Å². The van der Waals surface area contributed by atoms with Gasteiger partial charge in [-0.15, -0.1) is 0 Å². The summed E-state index contributed by atoms with van der Waals surface area (Å²) in [4.78, 5) is 2.73. The van der Waals surface area contributed by atoms with Crippen LogP contribution >= 0.6 is 0 Å². The van der Waals surface area contributed by atoms with E-state index in [0.717, 1.165) is 31.6 Å². The zero-order valence-electron chi connectivity index (χ0n) is 17.3. The first-order chi connectivity index (χ1) is 13.8. The molecule has 2 aliphatic rings. The molecule has 29 heavy (non-hydrogen) atoms. The minimum Gasteiger partial charge on any atom is -0.302 e. The van der Waals surface area contributed by atoms with Crippen LogP contribution in [-0.2, 0) is 21.0 Å². The largest absolute Gasteiger partial charge is 0.302 e. The molecule has 0 N–H and O–H groups in total. The number of nitrogens with zero attached hydrogens (tertiary/aromatic N) is 1. The van der Waals surface area contributed by atoms with Crippen molar-refractivity contribution in [3.05, 3.63) is 65.2 Å². The molecule has 3 nitrogen and oxygen atoms in total. The third kappa shape index (κ3) is 4.13. The lowest BCUT2D eigenvalue weighted by molar-refractivity contribution is 0.280. The molecule has 1 aliphatic heterocycles. The van der Waals surface area contributed by atoms with Gasteiger partial charge in [-0.25, -0.2) is 8.42 Å². The van der Waals surface area contributed by atoms with Crippen LogP contribution < -0.4 is 0 Å². The standard InChI is InChI=1S/C24H30FNO2S/c1-18(2)20-6-4-19(5-7-20)16-29(27,28)23-10-8-21(9-11-23)24-14-22(24)15-26(17-24)13-3-12-25/h4-11,18,22H,3,12-17H2,1-2H3. The monoisotopic (exact) mass is 415 g/mol. The molecule has 1 saturated heterocycles. The fourth-order valence-corrected chi connectivity index (χ4v) is 6.13. The molecule has 1 heterocycles. The second-order valence-corrected chi connectivity index (χ2v) is 11.0. The van der Waals surface area contributed by atoms with E-state index in [9.17, 15) is 12.8 Å². The molecule has 2 aromatic carbocycles. The molecule has 0 aromatic heterocycles. The van der Waals surface area contributed by atoms with E-state index in [1.54, 1.807) is 12.1 Å². The molecule has 2 fully saturated rings. The summed E-state index contributed by atoms with van der Waals surface area (Å²) in [7, 11) is -3.37. The van der Waals surface area contributed by atoms with Crippen molar-refractivity contribution in [3.63, 3.8) is 0 Å². The Morgan fingerprint density at radius 3 is 2.41 bits per heavy atom. The van der Waals surface area contributed by atoms with Gasteiger partial charge >= 0.3 is 0 Å². The van der Waals surface area contributed by atoms with Gasteiger partial charge in [0.15, 0.2) is 9.84 Å². The predicted molar refractivity (Wildman–Crippen MR) is 115 cm³/mol. The van der Waals surface area contributed by atoms with E-state index in [1.807, 2.05) is 36.4 Å². The van der Waals surface area contributed by atoms with Gasteiger partial charge in [0.2, 0.25) is 0 Å². The summed E-state index contributed by atoms with van der Waals surface area (Å²) in [5, 5.41) is 0. The minimum absolute atomic E-state index is 0.0233. The zero-order chi connectivity index (χ0) is 20.6. The third-order valence-corrected chi connectivity index (χ3v) is 8.32. The molecule has 0 amide bonds. The maximum Gasteiger partial charge on any atom is 0.182 e. The van der Waals surface area contributed by atoms with Gasteiger partial charge < -0.3 is 4.90 Å². The Hall–Kier alpha value is -1.72. The molecule has 0 spiro atoms. The average molecular weight is 416 g/mol. The molecule has 0 bridgehead atoms. The number of halogens is 1. The second-order valence-electron chi connectivity index (χ2n) is 9.01. The molecule has 5 heteroatoms. The van der Waals surface area contributed by atoms with Gasteiger partial charge in [-0.1, -0.05) is 50.2 Å². The number of hydrogen-bond donors (Lipinski definition) is 0. The fourth-order valence-electron chi connectivity index (χ4n) is 4.78. The maximum absolute atomic E-state index is 12.9. The van der Waals surface area contributed by atoms with Gasteiger partial charge in [0.1, 0.15) is 0 Å². The number of likely N-dealkylation sites (tertiary alicyclic amines) is 1. The molecule has 0 radical (unpaired) electrons. The van der Waals surface area contributed by atoms with Gasteiger partial charge in [-0.05, 0) is 53.5 Å². The average Bonchev–Trinajstić information content (AvgIpc) is 3.28. The summed E-state index contributed by atoms with van der Waals surface area (Å²) < 4.78 is 38.2. The summed E-state index contributed by atoms with van der Waals surface area (Å²) in [6, 6.07) is 15.4. The number of hydrogen-bond acceptors (Lipinski definition) is 3. The summed E-state index contributed by atoms with van der Waals surface area (Å²) in [6.45, 7) is 6.81. The van der Waals surface area contributed by atoms with Crippen molar-refractivity contribution in [1.29, 1.82) is 0 Å². The Bertz CT molecular complexity index is 953. The first-order valence-corrected chi connectivity index (χ1v) is 12.2. The van der Waals surface area contributed by atoms with E-state index < -0.39 is 9.84 Å².